The first kappa shape index (κ1) is 20.9. The molecule has 6 nitrogen and oxygen atoms in total. The summed E-state index contributed by atoms with van der Waals surface area (Å²) in [6.07, 6.45) is 5.49. The Morgan fingerprint density at radius 1 is 1.00 bits per heavy atom. The molecular formula is C26H30N2O4. The monoisotopic (exact) mass is 434 g/mol. The largest absolute Gasteiger partial charge is 0.497 e. The van der Waals surface area contributed by atoms with Crippen molar-refractivity contribution in [3.05, 3.63) is 59.2 Å². The van der Waals surface area contributed by atoms with Gasteiger partial charge < -0.3 is 19.7 Å². The molecule has 1 aliphatic heterocycles. The van der Waals surface area contributed by atoms with Crippen LogP contribution in [0.5, 0.6) is 11.5 Å². The van der Waals surface area contributed by atoms with Crippen LogP contribution in [-0.4, -0.2) is 43.0 Å². The minimum Gasteiger partial charge on any atom is -0.497 e. The smallest absolute Gasteiger partial charge is 0.255 e. The van der Waals surface area contributed by atoms with Crippen molar-refractivity contribution in [3.63, 3.8) is 0 Å². The first-order chi connectivity index (χ1) is 15.6. The number of aryl methyl sites for hydroxylation is 1. The zero-order valence-corrected chi connectivity index (χ0v) is 18.5. The number of rotatable bonds is 6. The number of carbonyl (C=O) groups is 2. The second-order valence-corrected chi connectivity index (χ2v) is 9.04. The Kier molecular flexibility index (Phi) is 5.77. The van der Waals surface area contributed by atoms with Gasteiger partial charge in [-0.3, -0.25) is 9.59 Å². The first-order valence-electron chi connectivity index (χ1n) is 11.6. The molecule has 1 N–H and O–H groups in total. The van der Waals surface area contributed by atoms with Crippen LogP contribution >= 0.6 is 0 Å². The lowest BCUT2D eigenvalue weighted by atomic mass is 10.1. The molecule has 6 heteroatoms. The minimum atomic E-state index is -0.151. The Bertz CT molecular complexity index is 1010. The standard InChI is InChI=1S/C26H30N2O4/c1-31-20-9-11-24(32-19-12-14-28(15-13-19)26(30)18-6-7-18)22(16-20)25(29)27-23-10-8-17-4-2-3-5-21(17)23/h2-5,9,11,16,18-19,23H,6-8,10,12-15H2,1H3,(H,27,29). The average Bonchev–Trinajstić information content (AvgIpc) is 3.61. The molecule has 3 aliphatic rings. The Balaban J connectivity index is 1.27. The predicted molar refractivity (Wildman–Crippen MR) is 121 cm³/mol. The van der Waals surface area contributed by atoms with E-state index in [0.717, 1.165) is 51.6 Å². The molecule has 32 heavy (non-hydrogen) atoms. The first-order valence-corrected chi connectivity index (χ1v) is 11.6. The summed E-state index contributed by atoms with van der Waals surface area (Å²) in [7, 11) is 1.59. The molecular weight excluding hydrogens is 404 g/mol. The van der Waals surface area contributed by atoms with Crippen LogP contribution in [0.3, 0.4) is 0 Å². The summed E-state index contributed by atoms with van der Waals surface area (Å²) in [5.74, 6) is 1.59. The lowest BCUT2D eigenvalue weighted by Crippen LogP contribution is -2.42. The van der Waals surface area contributed by atoms with Gasteiger partial charge in [0.15, 0.2) is 0 Å². The maximum atomic E-state index is 13.3. The van der Waals surface area contributed by atoms with E-state index >= 15 is 0 Å². The van der Waals surface area contributed by atoms with Gasteiger partial charge >= 0.3 is 0 Å². The quantitative estimate of drug-likeness (QED) is 0.749. The molecule has 1 atom stereocenters. The Hall–Kier alpha value is -3.02. The number of likely N-dealkylation sites (tertiary alicyclic amines) is 1. The number of ether oxygens (including phenoxy) is 2. The number of nitrogens with one attached hydrogen (secondary N) is 1. The fraction of sp³-hybridized carbons (Fsp3) is 0.462. The summed E-state index contributed by atoms with van der Waals surface area (Å²) in [6.45, 7) is 1.44. The molecule has 2 aromatic carbocycles. The second-order valence-electron chi connectivity index (χ2n) is 9.04. The van der Waals surface area contributed by atoms with Crippen molar-refractivity contribution in [2.24, 2.45) is 5.92 Å². The molecule has 0 spiro atoms. The highest BCUT2D eigenvalue weighted by atomic mass is 16.5. The summed E-state index contributed by atoms with van der Waals surface area (Å²) >= 11 is 0. The maximum Gasteiger partial charge on any atom is 0.255 e. The van der Waals surface area contributed by atoms with E-state index in [-0.39, 0.29) is 24.0 Å². The number of carbonyl (C=O) groups excluding carboxylic acids is 2. The number of methoxy groups -OCH3 is 1. The van der Waals surface area contributed by atoms with E-state index in [2.05, 4.69) is 17.4 Å². The third kappa shape index (κ3) is 4.31. The highest BCUT2D eigenvalue weighted by molar-refractivity contribution is 5.97. The molecule has 1 saturated carbocycles. The molecule has 2 fully saturated rings. The summed E-state index contributed by atoms with van der Waals surface area (Å²) in [4.78, 5) is 27.5. The van der Waals surface area contributed by atoms with Gasteiger partial charge in [0.1, 0.15) is 17.6 Å². The van der Waals surface area contributed by atoms with Crippen LogP contribution in [0, 0.1) is 5.92 Å². The van der Waals surface area contributed by atoms with Gasteiger partial charge in [0.05, 0.1) is 18.7 Å². The summed E-state index contributed by atoms with van der Waals surface area (Å²) in [6, 6.07) is 13.7. The van der Waals surface area contributed by atoms with E-state index in [9.17, 15) is 9.59 Å². The van der Waals surface area contributed by atoms with Crippen LogP contribution in [0.2, 0.25) is 0 Å². The van der Waals surface area contributed by atoms with Crippen LogP contribution in [0.4, 0.5) is 0 Å². The number of piperidine rings is 1. The average molecular weight is 435 g/mol. The minimum absolute atomic E-state index is 0.00873. The molecule has 0 aromatic heterocycles. The topological polar surface area (TPSA) is 67.9 Å². The molecule has 1 unspecified atom stereocenters. The van der Waals surface area contributed by atoms with E-state index in [1.165, 1.54) is 11.1 Å². The normalized spacial score (nSPS) is 20.5. The van der Waals surface area contributed by atoms with Crippen LogP contribution in [0.25, 0.3) is 0 Å². The van der Waals surface area contributed by atoms with Crippen molar-refractivity contribution in [1.82, 2.24) is 10.2 Å². The third-order valence-corrected chi connectivity index (χ3v) is 6.84. The number of fused-ring (bicyclic) bond motifs is 1. The van der Waals surface area contributed by atoms with Crippen molar-refractivity contribution in [2.45, 2.75) is 50.7 Å². The number of amides is 2. The number of nitrogens with zero attached hydrogens (tertiary/aromatic N) is 1. The molecule has 5 rings (SSSR count). The summed E-state index contributed by atoms with van der Waals surface area (Å²) in [5.41, 5.74) is 2.98. The number of benzene rings is 2. The predicted octanol–water partition coefficient (Wildman–Crippen LogP) is 3.89. The van der Waals surface area contributed by atoms with Crippen molar-refractivity contribution in [3.8, 4) is 11.5 Å². The van der Waals surface area contributed by atoms with Crippen LogP contribution in [-0.2, 0) is 11.2 Å². The van der Waals surface area contributed by atoms with Gasteiger partial charge in [-0.1, -0.05) is 24.3 Å². The lowest BCUT2D eigenvalue weighted by molar-refractivity contribution is -0.134. The second kappa shape index (κ2) is 8.85. The number of hydrogen-bond donors (Lipinski definition) is 1. The van der Waals surface area contributed by atoms with Crippen molar-refractivity contribution < 1.29 is 19.1 Å². The molecule has 2 amide bonds. The molecule has 0 bridgehead atoms. The van der Waals surface area contributed by atoms with E-state index in [1.807, 2.05) is 29.2 Å². The lowest BCUT2D eigenvalue weighted by Gasteiger charge is -2.32. The summed E-state index contributed by atoms with van der Waals surface area (Å²) < 4.78 is 11.7. The highest BCUT2D eigenvalue weighted by Gasteiger charge is 2.35. The maximum absolute atomic E-state index is 13.3. The zero-order valence-electron chi connectivity index (χ0n) is 18.5. The van der Waals surface area contributed by atoms with E-state index < -0.39 is 0 Å². The molecule has 168 valence electrons. The molecule has 2 aliphatic carbocycles. The van der Waals surface area contributed by atoms with Crippen molar-refractivity contribution in [1.29, 1.82) is 0 Å². The van der Waals surface area contributed by atoms with Crippen molar-refractivity contribution >= 4 is 11.8 Å². The van der Waals surface area contributed by atoms with Gasteiger partial charge in [-0.2, -0.15) is 0 Å². The van der Waals surface area contributed by atoms with Gasteiger partial charge in [-0.15, -0.1) is 0 Å². The third-order valence-electron chi connectivity index (χ3n) is 6.84. The fourth-order valence-electron chi connectivity index (χ4n) is 4.82. The molecule has 1 heterocycles. The molecule has 2 aromatic rings. The van der Waals surface area contributed by atoms with Crippen LogP contribution in [0.15, 0.2) is 42.5 Å². The molecule has 0 radical (unpaired) electrons. The van der Waals surface area contributed by atoms with Crippen molar-refractivity contribution in [2.75, 3.05) is 20.2 Å². The Morgan fingerprint density at radius 3 is 2.53 bits per heavy atom. The van der Waals surface area contributed by atoms with Crippen LogP contribution < -0.4 is 14.8 Å². The van der Waals surface area contributed by atoms with E-state index in [4.69, 9.17) is 9.47 Å². The zero-order chi connectivity index (χ0) is 22.1. The van der Waals surface area contributed by atoms with Gasteiger partial charge in [-0.25, -0.2) is 0 Å². The Labute approximate surface area is 188 Å². The van der Waals surface area contributed by atoms with E-state index in [0.29, 0.717) is 23.0 Å². The SMILES string of the molecule is COc1ccc(OC2CCN(C(=O)C3CC3)CC2)c(C(=O)NC2CCc3ccccc32)c1. The van der Waals surface area contributed by atoms with Crippen LogP contribution in [0.1, 0.15) is 59.6 Å². The Morgan fingerprint density at radius 2 is 1.78 bits per heavy atom. The number of hydrogen-bond acceptors (Lipinski definition) is 4. The highest BCUT2D eigenvalue weighted by Crippen LogP contribution is 2.34. The van der Waals surface area contributed by atoms with Gasteiger partial charge in [0.25, 0.3) is 5.91 Å². The van der Waals surface area contributed by atoms with Gasteiger partial charge in [0.2, 0.25) is 5.91 Å². The molecule has 1 saturated heterocycles. The summed E-state index contributed by atoms with van der Waals surface area (Å²) in [5, 5.41) is 3.19. The fourth-order valence-corrected chi connectivity index (χ4v) is 4.82. The van der Waals surface area contributed by atoms with Gasteiger partial charge in [-0.05, 0) is 55.0 Å². The van der Waals surface area contributed by atoms with Gasteiger partial charge in [0, 0.05) is 31.8 Å². The van der Waals surface area contributed by atoms with E-state index in [1.54, 1.807) is 13.2 Å².